The fourth-order valence-corrected chi connectivity index (χ4v) is 6.61. The highest BCUT2D eigenvalue weighted by molar-refractivity contribution is 6.63. The van der Waals surface area contributed by atoms with E-state index in [1.165, 1.54) is 48.5 Å². The van der Waals surface area contributed by atoms with E-state index in [1.54, 1.807) is 14.0 Å². The molecule has 344 valence electrons. The lowest BCUT2D eigenvalue weighted by atomic mass is 10.1. The fraction of sp³-hybridized carbons (Fsp3) is 0.132. The largest absolute Gasteiger partial charge is 0.497 e. The van der Waals surface area contributed by atoms with E-state index in [2.05, 4.69) is 34.1 Å². The molecule has 7 aromatic carbocycles. The van der Waals surface area contributed by atoms with Gasteiger partial charge in [0, 0.05) is 58.3 Å². The van der Waals surface area contributed by atoms with Crippen molar-refractivity contribution in [1.82, 2.24) is 0 Å². The zero-order valence-corrected chi connectivity index (χ0v) is 37.7. The number of benzene rings is 7. The van der Waals surface area contributed by atoms with Crippen molar-refractivity contribution >= 4 is 80.1 Å². The summed E-state index contributed by atoms with van der Waals surface area (Å²) in [6.45, 7) is 1.55. The number of aliphatic hydroxyl groups is 1. The number of unbranched alkanes of at least 4 members (excludes halogenated alkanes) is 1. The molecule has 0 saturated carbocycles. The van der Waals surface area contributed by atoms with Crippen LogP contribution in [0.25, 0.3) is 0 Å². The summed E-state index contributed by atoms with van der Waals surface area (Å²) in [6.07, 6.45) is 2.44. The highest BCUT2D eigenvalue weighted by Gasteiger charge is 2.16. The van der Waals surface area contributed by atoms with Gasteiger partial charge in [0.1, 0.15) is 23.0 Å². The highest BCUT2D eigenvalue weighted by Crippen LogP contribution is 2.40. The van der Waals surface area contributed by atoms with Crippen molar-refractivity contribution in [2.24, 2.45) is 0 Å². The molecule has 0 atom stereocenters. The maximum absolute atomic E-state index is 10.7. The summed E-state index contributed by atoms with van der Waals surface area (Å²) in [5, 5.41) is 26.7. The van der Waals surface area contributed by atoms with Crippen LogP contribution in [-0.2, 0) is 16.2 Å². The molecule has 0 aliphatic rings. The molecule has 0 heterocycles. The maximum atomic E-state index is 10.7. The summed E-state index contributed by atoms with van der Waals surface area (Å²) < 4.78 is 10.8. The van der Waals surface area contributed by atoms with Gasteiger partial charge in [-0.3, -0.25) is 4.79 Å². The molecule has 0 spiro atoms. The number of carbonyl (C=O) groups excluding carboxylic acids is 2. The van der Waals surface area contributed by atoms with Crippen LogP contribution < -0.4 is 30.7 Å². The third-order valence-corrected chi connectivity index (χ3v) is 10.2. The lowest BCUT2D eigenvalue weighted by molar-refractivity contribution is -0.117. The smallest absolute Gasteiger partial charge is 0.335 e. The summed E-state index contributed by atoms with van der Waals surface area (Å²) in [5.41, 5.74) is 20.5. The fourth-order valence-electron chi connectivity index (χ4n) is 6.48. The Hall–Kier alpha value is -8.13. The van der Waals surface area contributed by atoms with E-state index in [0.29, 0.717) is 35.7 Å². The predicted octanol–water partition coefficient (Wildman–Crippen LogP) is 12.1. The summed E-state index contributed by atoms with van der Waals surface area (Å²) in [4.78, 5) is 46.2. The summed E-state index contributed by atoms with van der Waals surface area (Å²) in [6, 6.07) is 51.7. The van der Waals surface area contributed by atoms with E-state index < -0.39 is 11.9 Å². The molecule has 7 rings (SSSR count). The zero-order chi connectivity index (χ0) is 48.3. The number of halogens is 1. The molecule has 0 aromatic heterocycles. The lowest BCUT2D eigenvalue weighted by Crippen LogP contribution is -2.12. The molecule has 67 heavy (non-hydrogen) atoms. The standard InChI is InChI=1S/C32H30N4O2.C14H10O5.C7H11ClO2/c1-38-32-20-18-31(19-21-32)36(28-12-6-25(34)7-13-28)30-16-14-29(15-17-30)35(27-10-4-24(33)5-11-27)26-8-2-23(22-37)3-9-26;15-13(16)9-1-5-11(6-2-9)19-12-7-3-10(4-8-12)14(17)18;1-6(9)4-2-3-5-7(8)10/h2-21,37H,22,33-34H2,1H3;1-8H,(H,15,16)(H,17,18);2-5H2,1H3. The van der Waals surface area contributed by atoms with Gasteiger partial charge in [-0.25, -0.2) is 9.59 Å². The number of ether oxygens (including phenoxy) is 2. The van der Waals surface area contributed by atoms with Gasteiger partial charge in [0.15, 0.2) is 0 Å². The lowest BCUT2D eigenvalue weighted by Gasteiger charge is -2.28. The van der Waals surface area contributed by atoms with Crippen LogP contribution in [0, 0.1) is 0 Å². The summed E-state index contributed by atoms with van der Waals surface area (Å²) in [7, 11) is 1.66. The number of methoxy groups -OCH3 is 1. The molecule has 14 heteroatoms. The van der Waals surface area contributed by atoms with Crippen molar-refractivity contribution in [2.45, 2.75) is 39.2 Å². The van der Waals surface area contributed by atoms with Gasteiger partial charge in [-0.15, -0.1) is 0 Å². The van der Waals surface area contributed by atoms with Crippen molar-refractivity contribution in [3.05, 3.63) is 187 Å². The summed E-state index contributed by atoms with van der Waals surface area (Å²) >= 11 is 5.07. The number of hydrogen-bond acceptors (Lipinski definition) is 11. The second kappa shape index (κ2) is 24.8. The van der Waals surface area contributed by atoms with Gasteiger partial charge in [-0.1, -0.05) is 12.1 Å². The minimum atomic E-state index is -1.00. The van der Waals surface area contributed by atoms with Crippen molar-refractivity contribution < 1.29 is 44.0 Å². The molecule has 0 radical (unpaired) electrons. The molecule has 13 nitrogen and oxygen atoms in total. The first-order valence-electron chi connectivity index (χ1n) is 21.0. The Kier molecular flexibility index (Phi) is 18.5. The number of aliphatic hydroxyl groups excluding tert-OH is 1. The molecule has 0 saturated heterocycles. The zero-order valence-electron chi connectivity index (χ0n) is 36.9. The third-order valence-electron chi connectivity index (χ3n) is 9.97. The number of aromatic carboxylic acids is 2. The van der Waals surface area contributed by atoms with Crippen LogP contribution in [0.2, 0.25) is 0 Å². The average Bonchev–Trinajstić information content (AvgIpc) is 3.33. The number of hydrogen-bond donors (Lipinski definition) is 5. The maximum Gasteiger partial charge on any atom is 0.335 e. The van der Waals surface area contributed by atoms with Gasteiger partial charge in [0.2, 0.25) is 5.24 Å². The first-order chi connectivity index (χ1) is 32.2. The molecule has 0 unspecified atom stereocenters. The number of anilines is 8. The van der Waals surface area contributed by atoms with E-state index in [9.17, 15) is 24.3 Å². The van der Waals surface area contributed by atoms with Crippen molar-refractivity contribution in [2.75, 3.05) is 28.4 Å². The number of carboxylic acids is 2. The molecule has 7 N–H and O–H groups in total. The van der Waals surface area contributed by atoms with E-state index >= 15 is 0 Å². The Morgan fingerprint density at radius 3 is 1.12 bits per heavy atom. The number of nitrogens with two attached hydrogens (primary N) is 2. The van der Waals surface area contributed by atoms with Gasteiger partial charge in [-0.05, 0) is 195 Å². The second-order valence-corrected chi connectivity index (χ2v) is 15.3. The van der Waals surface area contributed by atoms with E-state index in [1.807, 2.05) is 97.1 Å². The average molecular weight is 923 g/mol. The van der Waals surface area contributed by atoms with E-state index in [4.69, 9.17) is 42.8 Å². The Bertz CT molecular complexity index is 2490. The van der Waals surface area contributed by atoms with Gasteiger partial charge in [0.25, 0.3) is 0 Å². The molecular formula is C53H51ClN4O9. The van der Waals surface area contributed by atoms with Crippen LogP contribution in [0.5, 0.6) is 17.2 Å². The van der Waals surface area contributed by atoms with Crippen LogP contribution >= 0.6 is 11.6 Å². The molecule has 0 amide bonds. The van der Waals surface area contributed by atoms with Crippen molar-refractivity contribution in [3.8, 4) is 17.2 Å². The topological polar surface area (TPSA) is 206 Å². The number of carbonyl (C=O) groups is 4. The van der Waals surface area contributed by atoms with Crippen LogP contribution in [0.3, 0.4) is 0 Å². The molecule has 7 aromatic rings. The SMILES string of the molecule is CC(=O)CCCCC(=O)Cl.COc1ccc(N(c2ccc(N)cc2)c2ccc(N(c3ccc(N)cc3)c3ccc(CO)cc3)cc2)cc1.O=C(O)c1ccc(Oc2ccc(C(=O)O)cc2)cc1. The first kappa shape index (κ1) is 49.9. The quantitative estimate of drug-likeness (QED) is 0.0328. The van der Waals surface area contributed by atoms with Crippen molar-refractivity contribution in [1.29, 1.82) is 0 Å². The molecular weight excluding hydrogens is 872 g/mol. The van der Waals surface area contributed by atoms with Crippen LogP contribution in [0.15, 0.2) is 170 Å². The summed E-state index contributed by atoms with van der Waals surface area (Å²) in [5.74, 6) is -0.0781. The number of nitrogen functional groups attached to an aromatic ring is 2. The van der Waals surface area contributed by atoms with Crippen molar-refractivity contribution in [3.63, 3.8) is 0 Å². The van der Waals surface area contributed by atoms with Gasteiger partial charge >= 0.3 is 11.9 Å². The first-order valence-corrected chi connectivity index (χ1v) is 21.4. The Morgan fingerprint density at radius 2 is 0.806 bits per heavy atom. The van der Waals surface area contributed by atoms with Gasteiger partial charge in [-0.2, -0.15) is 0 Å². The number of nitrogens with zero attached hydrogens (tertiary/aromatic N) is 2. The minimum absolute atomic E-state index is 0.00315. The highest BCUT2D eigenvalue weighted by atomic mass is 35.5. The number of Topliss-reactive ketones (excluding diaryl/α,β-unsaturated/α-hetero) is 1. The minimum Gasteiger partial charge on any atom is -0.497 e. The molecule has 0 aliphatic heterocycles. The van der Waals surface area contributed by atoms with E-state index in [0.717, 1.165) is 58.3 Å². The number of ketones is 1. The number of rotatable bonds is 17. The van der Waals surface area contributed by atoms with E-state index in [-0.39, 0.29) is 28.8 Å². The Labute approximate surface area is 394 Å². The Balaban J connectivity index is 0.000000239. The monoisotopic (exact) mass is 922 g/mol. The van der Waals surface area contributed by atoms with Crippen LogP contribution in [-0.4, -0.2) is 45.4 Å². The molecule has 0 bridgehead atoms. The third kappa shape index (κ3) is 15.2. The van der Waals surface area contributed by atoms with Gasteiger partial charge < -0.3 is 50.9 Å². The predicted molar refractivity (Wildman–Crippen MR) is 264 cm³/mol. The molecule has 0 aliphatic carbocycles. The number of carboxylic acid groups (broad SMARTS) is 2. The molecule has 0 fully saturated rings. The van der Waals surface area contributed by atoms with Crippen LogP contribution in [0.1, 0.15) is 58.9 Å². The second-order valence-electron chi connectivity index (χ2n) is 14.9. The van der Waals surface area contributed by atoms with Gasteiger partial charge in [0.05, 0.1) is 24.8 Å². The normalized spacial score (nSPS) is 10.3. The van der Waals surface area contributed by atoms with Crippen LogP contribution in [0.4, 0.5) is 45.5 Å². The Morgan fingerprint density at radius 1 is 0.493 bits per heavy atom.